The fraction of sp³-hybridized carbons (Fsp3) is 0.542. The number of aliphatic carboxylic acids is 2. The molecule has 0 heterocycles. The number of aliphatic hydroxyl groups is 1. The number of carboxylic acids is 2. The summed E-state index contributed by atoms with van der Waals surface area (Å²) in [5.74, 6) is -4.93. The highest BCUT2D eigenvalue weighted by Gasteiger charge is 2.31. The molecule has 200 valence electrons. The maximum atomic E-state index is 13.1. The van der Waals surface area contributed by atoms with Crippen LogP contribution in [0.25, 0.3) is 0 Å². The van der Waals surface area contributed by atoms with Gasteiger partial charge < -0.3 is 37.0 Å². The Bertz CT molecular complexity index is 907. The zero-order chi connectivity index (χ0) is 27.4. The van der Waals surface area contributed by atoms with Crippen LogP contribution in [0.5, 0.6) is 0 Å². The molecule has 0 aliphatic carbocycles. The first-order valence-corrected chi connectivity index (χ1v) is 11.6. The van der Waals surface area contributed by atoms with E-state index in [1.165, 1.54) is 6.92 Å². The Balaban J connectivity index is 3.15. The lowest BCUT2D eigenvalue weighted by Crippen LogP contribution is -2.58. The second-order valence-corrected chi connectivity index (χ2v) is 9.04. The highest BCUT2D eigenvalue weighted by Crippen LogP contribution is 2.09. The number of amides is 3. The van der Waals surface area contributed by atoms with Crippen molar-refractivity contribution in [2.45, 2.75) is 76.7 Å². The first kappa shape index (κ1) is 30.5. The molecule has 0 aliphatic heterocycles. The van der Waals surface area contributed by atoms with Crippen LogP contribution >= 0.6 is 0 Å². The highest BCUT2D eigenvalue weighted by molar-refractivity contribution is 5.94. The van der Waals surface area contributed by atoms with E-state index in [0.29, 0.717) is 5.56 Å². The smallest absolute Gasteiger partial charge is 0.326 e. The topological polar surface area (TPSA) is 208 Å². The van der Waals surface area contributed by atoms with Crippen molar-refractivity contribution in [3.05, 3.63) is 35.9 Å². The first-order chi connectivity index (χ1) is 16.8. The summed E-state index contributed by atoms with van der Waals surface area (Å²) in [6.45, 7) is 4.89. The lowest BCUT2D eigenvalue weighted by molar-refractivity contribution is -0.142. The van der Waals surface area contributed by atoms with Gasteiger partial charge in [0.15, 0.2) is 0 Å². The summed E-state index contributed by atoms with van der Waals surface area (Å²) in [7, 11) is 0. The van der Waals surface area contributed by atoms with Gasteiger partial charge in [-0.25, -0.2) is 4.79 Å². The fourth-order valence-electron chi connectivity index (χ4n) is 3.32. The van der Waals surface area contributed by atoms with Crippen molar-refractivity contribution in [2.24, 2.45) is 11.7 Å². The van der Waals surface area contributed by atoms with Crippen LogP contribution in [0.4, 0.5) is 0 Å². The molecule has 0 saturated carbocycles. The van der Waals surface area contributed by atoms with Gasteiger partial charge in [-0.2, -0.15) is 0 Å². The Labute approximate surface area is 209 Å². The standard InChI is InChI=1S/C24H36N4O8/c1-13(2)11-18(24(35)36)28-22(33)17(12-15-7-5-4-6-8-15)27-21(32)16(9-10-19(30)31)26-23(34)20(25)14(3)29/h4-8,13-14,16-18,20,29H,9-12,25H2,1-3H3,(H,26,34)(H,27,32)(H,28,33)(H,30,31)(H,35,36). The minimum atomic E-state index is -1.37. The third-order valence-electron chi connectivity index (χ3n) is 5.34. The summed E-state index contributed by atoms with van der Waals surface area (Å²) in [6.07, 6.45) is -1.81. The molecule has 12 heteroatoms. The molecule has 1 aromatic carbocycles. The van der Waals surface area contributed by atoms with Crippen LogP contribution in [0, 0.1) is 5.92 Å². The molecule has 0 fully saturated rings. The summed E-state index contributed by atoms with van der Waals surface area (Å²) < 4.78 is 0. The summed E-state index contributed by atoms with van der Waals surface area (Å²) in [6, 6.07) is 3.56. The summed E-state index contributed by atoms with van der Waals surface area (Å²) in [5.41, 5.74) is 6.29. The van der Waals surface area contributed by atoms with E-state index in [9.17, 15) is 34.2 Å². The number of rotatable bonds is 15. The maximum absolute atomic E-state index is 13.1. The van der Waals surface area contributed by atoms with E-state index in [0.717, 1.165) is 0 Å². The normalized spacial score (nSPS) is 15.2. The second kappa shape index (κ2) is 14.8. The van der Waals surface area contributed by atoms with E-state index < -0.39 is 66.4 Å². The zero-order valence-corrected chi connectivity index (χ0v) is 20.6. The zero-order valence-electron chi connectivity index (χ0n) is 20.6. The highest BCUT2D eigenvalue weighted by atomic mass is 16.4. The summed E-state index contributed by atoms with van der Waals surface area (Å²) in [4.78, 5) is 61.1. The molecule has 8 N–H and O–H groups in total. The van der Waals surface area contributed by atoms with Gasteiger partial charge in [0.2, 0.25) is 17.7 Å². The number of aliphatic hydroxyl groups excluding tert-OH is 1. The molecule has 5 atom stereocenters. The van der Waals surface area contributed by atoms with E-state index in [-0.39, 0.29) is 25.2 Å². The van der Waals surface area contributed by atoms with Crippen LogP contribution < -0.4 is 21.7 Å². The molecule has 0 bridgehead atoms. The lowest BCUT2D eigenvalue weighted by atomic mass is 10.0. The van der Waals surface area contributed by atoms with Gasteiger partial charge in [-0.15, -0.1) is 0 Å². The molecule has 0 spiro atoms. The van der Waals surface area contributed by atoms with Crippen LogP contribution in [-0.2, 0) is 30.4 Å². The van der Waals surface area contributed by atoms with Gasteiger partial charge in [-0.3, -0.25) is 19.2 Å². The van der Waals surface area contributed by atoms with Crippen LogP contribution in [0.2, 0.25) is 0 Å². The molecule has 36 heavy (non-hydrogen) atoms. The SMILES string of the molecule is CC(C)CC(NC(=O)C(Cc1ccccc1)NC(=O)C(CCC(=O)O)NC(=O)C(N)C(C)O)C(=O)O. The molecular formula is C24H36N4O8. The third kappa shape index (κ3) is 10.8. The Morgan fingerprint density at radius 1 is 0.833 bits per heavy atom. The average Bonchev–Trinajstić information content (AvgIpc) is 2.80. The molecule has 0 saturated heterocycles. The lowest BCUT2D eigenvalue weighted by Gasteiger charge is -2.26. The van der Waals surface area contributed by atoms with E-state index in [2.05, 4.69) is 16.0 Å². The molecule has 5 unspecified atom stereocenters. The number of nitrogens with two attached hydrogens (primary N) is 1. The number of hydrogen-bond acceptors (Lipinski definition) is 7. The molecule has 1 rings (SSSR count). The van der Waals surface area contributed by atoms with Crippen molar-refractivity contribution in [1.82, 2.24) is 16.0 Å². The van der Waals surface area contributed by atoms with Crippen LogP contribution in [0.3, 0.4) is 0 Å². The van der Waals surface area contributed by atoms with Crippen LogP contribution in [-0.4, -0.2) is 75.3 Å². The van der Waals surface area contributed by atoms with Crippen molar-refractivity contribution in [3.63, 3.8) is 0 Å². The number of carboxylic acid groups (broad SMARTS) is 2. The number of nitrogens with one attached hydrogen (secondary N) is 3. The molecule has 0 radical (unpaired) electrons. The minimum Gasteiger partial charge on any atom is -0.481 e. The predicted octanol–water partition coefficient (Wildman–Crippen LogP) is -0.613. The predicted molar refractivity (Wildman–Crippen MR) is 130 cm³/mol. The van der Waals surface area contributed by atoms with Crippen molar-refractivity contribution >= 4 is 29.7 Å². The maximum Gasteiger partial charge on any atom is 0.326 e. The van der Waals surface area contributed by atoms with E-state index in [4.69, 9.17) is 10.8 Å². The second-order valence-electron chi connectivity index (χ2n) is 9.04. The third-order valence-corrected chi connectivity index (χ3v) is 5.34. The van der Waals surface area contributed by atoms with Gasteiger partial charge in [0.1, 0.15) is 24.2 Å². The average molecular weight is 509 g/mol. The van der Waals surface area contributed by atoms with Gasteiger partial charge >= 0.3 is 11.9 Å². The first-order valence-electron chi connectivity index (χ1n) is 11.6. The van der Waals surface area contributed by atoms with E-state index in [1.54, 1.807) is 44.2 Å². The Morgan fingerprint density at radius 3 is 1.86 bits per heavy atom. The van der Waals surface area contributed by atoms with Gasteiger partial charge in [-0.05, 0) is 31.2 Å². The molecular weight excluding hydrogens is 472 g/mol. The van der Waals surface area contributed by atoms with Crippen molar-refractivity contribution in [2.75, 3.05) is 0 Å². The molecule has 12 nitrogen and oxygen atoms in total. The molecule has 0 aromatic heterocycles. The summed E-state index contributed by atoms with van der Waals surface area (Å²) >= 11 is 0. The van der Waals surface area contributed by atoms with Gasteiger partial charge in [-0.1, -0.05) is 44.2 Å². The Morgan fingerprint density at radius 2 is 1.36 bits per heavy atom. The molecule has 3 amide bonds. The fourth-order valence-corrected chi connectivity index (χ4v) is 3.32. The molecule has 0 aliphatic rings. The van der Waals surface area contributed by atoms with Gasteiger partial charge in [0, 0.05) is 12.8 Å². The van der Waals surface area contributed by atoms with Crippen LogP contribution in [0.1, 0.15) is 45.6 Å². The number of carbonyl (C=O) groups excluding carboxylic acids is 3. The largest absolute Gasteiger partial charge is 0.481 e. The Kier molecular flexibility index (Phi) is 12.5. The van der Waals surface area contributed by atoms with Crippen LogP contribution in [0.15, 0.2) is 30.3 Å². The van der Waals surface area contributed by atoms with E-state index in [1.807, 2.05) is 0 Å². The monoisotopic (exact) mass is 508 g/mol. The van der Waals surface area contributed by atoms with Gasteiger partial charge in [0.05, 0.1) is 6.10 Å². The van der Waals surface area contributed by atoms with E-state index >= 15 is 0 Å². The quantitative estimate of drug-likeness (QED) is 0.161. The van der Waals surface area contributed by atoms with Crippen molar-refractivity contribution < 1.29 is 39.3 Å². The Hall–Kier alpha value is -3.51. The minimum absolute atomic E-state index is 0.0131. The molecule has 1 aromatic rings. The number of benzene rings is 1. The number of carbonyl (C=O) groups is 5. The van der Waals surface area contributed by atoms with Gasteiger partial charge in [0.25, 0.3) is 0 Å². The van der Waals surface area contributed by atoms with Crippen molar-refractivity contribution in [1.29, 1.82) is 0 Å². The number of hydrogen-bond donors (Lipinski definition) is 7. The summed E-state index contributed by atoms with van der Waals surface area (Å²) in [5, 5.41) is 35.4. The van der Waals surface area contributed by atoms with Crippen molar-refractivity contribution in [3.8, 4) is 0 Å².